The van der Waals surface area contributed by atoms with Crippen LogP contribution in [0.4, 0.5) is 17.6 Å². The van der Waals surface area contributed by atoms with Crippen LogP contribution >= 0.6 is 0 Å². The van der Waals surface area contributed by atoms with Crippen molar-refractivity contribution in [2.75, 3.05) is 6.61 Å². The molecule has 0 aliphatic carbocycles. The lowest BCUT2D eigenvalue weighted by Gasteiger charge is -2.24. The number of halogens is 4. The highest BCUT2D eigenvalue weighted by Gasteiger charge is 2.39. The van der Waals surface area contributed by atoms with Crippen molar-refractivity contribution in [1.82, 2.24) is 9.55 Å². The molecule has 12 heteroatoms. The Morgan fingerprint density at radius 1 is 1.26 bits per heavy atom. The van der Waals surface area contributed by atoms with E-state index >= 15 is 4.39 Å². The molecule has 0 spiro atoms. The van der Waals surface area contributed by atoms with Crippen LogP contribution in [-0.2, 0) is 13.5 Å². The fourth-order valence-electron chi connectivity index (χ4n) is 4.31. The van der Waals surface area contributed by atoms with Crippen molar-refractivity contribution in [3.63, 3.8) is 0 Å². The van der Waals surface area contributed by atoms with E-state index in [0.717, 1.165) is 13.0 Å². The van der Waals surface area contributed by atoms with E-state index in [9.17, 15) is 33.1 Å². The summed E-state index contributed by atoms with van der Waals surface area (Å²) in [7, 11) is 1.61. The van der Waals surface area contributed by atoms with E-state index in [4.69, 9.17) is 10.5 Å². The number of aromatic nitrogens is 2. The van der Waals surface area contributed by atoms with E-state index in [1.54, 1.807) is 19.2 Å². The summed E-state index contributed by atoms with van der Waals surface area (Å²) in [4.78, 5) is 28.1. The monoisotopic (exact) mass is 546 g/mol. The fraction of sp³-hybridized carbons (Fsp3) is 0.333. The summed E-state index contributed by atoms with van der Waals surface area (Å²) in [5, 5.41) is 19.6. The lowest BCUT2D eigenvalue weighted by atomic mass is 9.83. The quantitative estimate of drug-likeness (QED) is 0.286. The zero-order chi connectivity index (χ0) is 29.1. The molecule has 1 amide bonds. The smallest absolute Gasteiger partial charge is 0.425 e. The first-order chi connectivity index (χ1) is 18.3. The number of nitriles is 1. The number of carbonyl (C=O) groups is 2. The number of nitrogens with zero attached hydrogens (tertiary/aromatic N) is 3. The average molecular weight is 547 g/mol. The number of amides is 1. The normalized spacial score (nSPS) is 13.0. The third kappa shape index (κ3) is 6.43. The van der Waals surface area contributed by atoms with Gasteiger partial charge in [-0.3, -0.25) is 9.59 Å². The van der Waals surface area contributed by atoms with E-state index in [0.29, 0.717) is 5.56 Å². The number of aryl methyl sites for hydroxylation is 1. The molecule has 1 aromatic heterocycles. The average Bonchev–Trinajstić information content (AvgIpc) is 3.24. The SMILES string of the molecule is CC(=O)c1nc(-c2ccc(CC(CCO)c3c(C(N)=O)ccc(OC(C)C(F)(F)F)c3C#N)cc2F)cn1C. The lowest BCUT2D eigenvalue weighted by molar-refractivity contribution is -0.189. The summed E-state index contributed by atoms with van der Waals surface area (Å²) in [5.41, 5.74) is 5.84. The van der Waals surface area contributed by atoms with Gasteiger partial charge in [-0.25, -0.2) is 9.37 Å². The molecule has 0 fully saturated rings. The Hall–Kier alpha value is -4.24. The molecule has 206 valence electrons. The maximum Gasteiger partial charge on any atom is 0.425 e. The van der Waals surface area contributed by atoms with Gasteiger partial charge in [-0.1, -0.05) is 6.07 Å². The molecule has 3 aromatic rings. The summed E-state index contributed by atoms with van der Waals surface area (Å²) in [5.74, 6) is -2.93. The highest BCUT2D eigenvalue weighted by Crippen LogP contribution is 2.37. The summed E-state index contributed by atoms with van der Waals surface area (Å²) in [6.07, 6.45) is -5.46. The van der Waals surface area contributed by atoms with Crippen LogP contribution < -0.4 is 10.5 Å². The van der Waals surface area contributed by atoms with Crippen molar-refractivity contribution < 1.29 is 37.0 Å². The zero-order valence-corrected chi connectivity index (χ0v) is 21.3. The van der Waals surface area contributed by atoms with Crippen LogP contribution in [0.25, 0.3) is 11.3 Å². The summed E-state index contributed by atoms with van der Waals surface area (Å²) < 4.78 is 61.0. The number of aliphatic hydroxyl groups excluding tert-OH is 1. The van der Waals surface area contributed by atoms with Crippen LogP contribution in [0.3, 0.4) is 0 Å². The third-order valence-corrected chi connectivity index (χ3v) is 6.22. The molecule has 39 heavy (non-hydrogen) atoms. The van der Waals surface area contributed by atoms with Crippen molar-refractivity contribution in [2.45, 2.75) is 44.9 Å². The summed E-state index contributed by atoms with van der Waals surface area (Å²) >= 11 is 0. The Balaban J connectivity index is 2.05. The number of alkyl halides is 3. The van der Waals surface area contributed by atoms with Gasteiger partial charge in [0.1, 0.15) is 17.6 Å². The molecule has 0 bridgehead atoms. The van der Waals surface area contributed by atoms with Gasteiger partial charge >= 0.3 is 6.18 Å². The maximum absolute atomic E-state index is 15.2. The largest absolute Gasteiger partial charge is 0.480 e. The minimum absolute atomic E-state index is 0.00577. The number of rotatable bonds is 10. The topological polar surface area (TPSA) is 131 Å². The second kappa shape index (κ2) is 11.7. The van der Waals surface area contributed by atoms with Crippen molar-refractivity contribution >= 4 is 11.7 Å². The summed E-state index contributed by atoms with van der Waals surface area (Å²) in [6.45, 7) is 1.71. The predicted octanol–water partition coefficient (Wildman–Crippen LogP) is 4.44. The van der Waals surface area contributed by atoms with E-state index in [1.807, 2.05) is 0 Å². The Labute approximate surface area is 221 Å². The van der Waals surface area contributed by atoms with Crippen LogP contribution in [0.2, 0.25) is 0 Å². The molecule has 2 unspecified atom stereocenters. The van der Waals surface area contributed by atoms with E-state index in [1.165, 1.54) is 35.9 Å². The van der Waals surface area contributed by atoms with Gasteiger partial charge in [-0.05, 0) is 61.1 Å². The molecule has 0 radical (unpaired) electrons. The zero-order valence-electron chi connectivity index (χ0n) is 21.3. The Morgan fingerprint density at radius 3 is 2.46 bits per heavy atom. The number of imidazole rings is 1. The number of primary amides is 1. The first-order valence-electron chi connectivity index (χ1n) is 11.8. The third-order valence-electron chi connectivity index (χ3n) is 6.22. The second-order valence-corrected chi connectivity index (χ2v) is 9.02. The van der Waals surface area contributed by atoms with Gasteiger partial charge in [0.05, 0.1) is 11.3 Å². The maximum atomic E-state index is 15.2. The van der Waals surface area contributed by atoms with Crippen LogP contribution in [0.1, 0.15) is 63.9 Å². The molecule has 0 saturated carbocycles. The predicted molar refractivity (Wildman–Crippen MR) is 133 cm³/mol. The van der Waals surface area contributed by atoms with Gasteiger partial charge in [-0.2, -0.15) is 18.4 Å². The minimum atomic E-state index is -4.71. The first kappa shape index (κ1) is 29.3. The second-order valence-electron chi connectivity index (χ2n) is 9.02. The number of hydrogen-bond acceptors (Lipinski definition) is 6. The Morgan fingerprint density at radius 2 is 1.95 bits per heavy atom. The van der Waals surface area contributed by atoms with Gasteiger partial charge < -0.3 is 20.1 Å². The summed E-state index contributed by atoms with van der Waals surface area (Å²) in [6, 6.07) is 8.28. The number of benzene rings is 2. The Kier molecular flexibility index (Phi) is 8.76. The highest BCUT2D eigenvalue weighted by molar-refractivity contribution is 5.95. The van der Waals surface area contributed by atoms with Crippen LogP contribution in [0.5, 0.6) is 5.75 Å². The number of nitrogens with two attached hydrogens (primary N) is 1. The standard InChI is InChI=1S/C27H26F4N4O4/c1-14(37)26-34-22(13-35(26)3)18-5-4-16(11-21(18)28)10-17(8-9-36)24-19(25(33)38)6-7-23(20(24)12-32)39-15(2)27(29,30)31/h4-7,11,13,15,17,36H,8-10H2,1-3H3,(H2,33,38). The fourth-order valence-corrected chi connectivity index (χ4v) is 4.31. The molecule has 3 N–H and O–H groups in total. The van der Waals surface area contributed by atoms with Gasteiger partial charge in [0, 0.05) is 37.9 Å². The van der Waals surface area contributed by atoms with Crippen LogP contribution in [0, 0.1) is 17.1 Å². The number of hydrogen-bond donors (Lipinski definition) is 2. The number of Topliss-reactive ketones (excluding diaryl/α,β-unsaturated/α-hetero) is 1. The minimum Gasteiger partial charge on any atom is -0.480 e. The first-order valence-corrected chi connectivity index (χ1v) is 11.8. The van der Waals surface area contributed by atoms with E-state index in [-0.39, 0.29) is 52.4 Å². The van der Waals surface area contributed by atoms with Crippen molar-refractivity contribution in [1.29, 1.82) is 5.26 Å². The molecule has 0 saturated heterocycles. The number of aliphatic hydroxyl groups is 1. The molecular weight excluding hydrogens is 520 g/mol. The van der Waals surface area contributed by atoms with Gasteiger partial charge in [0.2, 0.25) is 5.91 Å². The van der Waals surface area contributed by atoms with Crippen molar-refractivity contribution in [2.24, 2.45) is 12.8 Å². The van der Waals surface area contributed by atoms with Crippen molar-refractivity contribution in [3.8, 4) is 23.1 Å². The molecule has 2 atom stereocenters. The number of ether oxygens (including phenoxy) is 1. The molecule has 0 aliphatic rings. The van der Waals surface area contributed by atoms with Gasteiger partial charge in [0.15, 0.2) is 17.7 Å². The van der Waals surface area contributed by atoms with Crippen molar-refractivity contribution in [3.05, 3.63) is 70.4 Å². The van der Waals surface area contributed by atoms with Gasteiger partial charge in [0.25, 0.3) is 0 Å². The number of ketones is 1. The lowest BCUT2D eigenvalue weighted by Crippen LogP contribution is -2.31. The van der Waals surface area contributed by atoms with Gasteiger partial charge in [-0.15, -0.1) is 0 Å². The molecule has 2 aromatic carbocycles. The molecule has 3 rings (SSSR count). The van der Waals surface area contributed by atoms with E-state index in [2.05, 4.69) is 4.98 Å². The van der Waals surface area contributed by atoms with Crippen LogP contribution in [0.15, 0.2) is 36.5 Å². The van der Waals surface area contributed by atoms with Crippen LogP contribution in [-0.4, -0.2) is 45.2 Å². The molecular formula is C27H26F4N4O4. The highest BCUT2D eigenvalue weighted by atomic mass is 19.4. The molecule has 0 aliphatic heterocycles. The number of carbonyl (C=O) groups excluding carboxylic acids is 2. The van der Waals surface area contributed by atoms with E-state index < -0.39 is 42.3 Å². The Bertz CT molecular complexity index is 1440. The molecule has 1 heterocycles. The molecule has 8 nitrogen and oxygen atoms in total.